The number of aromatic nitrogens is 4. The third-order valence-corrected chi connectivity index (χ3v) is 4.41. The zero-order valence-corrected chi connectivity index (χ0v) is 13.5. The fourth-order valence-corrected chi connectivity index (χ4v) is 3.22. The van der Waals surface area contributed by atoms with Crippen LogP contribution in [0.2, 0.25) is 0 Å². The van der Waals surface area contributed by atoms with E-state index in [2.05, 4.69) is 26.4 Å². The fraction of sp³-hybridized carbons (Fsp3) is 0.278. The maximum absolute atomic E-state index is 12.8. The average Bonchev–Trinajstić information content (AvgIpc) is 3.18. The highest BCUT2D eigenvalue weighted by Crippen LogP contribution is 2.33. The zero-order valence-electron chi connectivity index (χ0n) is 13.5. The monoisotopic (exact) mass is 321 g/mol. The van der Waals surface area contributed by atoms with Crippen LogP contribution in [0.3, 0.4) is 0 Å². The molecular formula is C18H19N5O. The predicted octanol–water partition coefficient (Wildman–Crippen LogP) is 3.03. The van der Waals surface area contributed by atoms with Crippen LogP contribution in [0.1, 0.15) is 35.0 Å². The topological polar surface area (TPSA) is 75.6 Å². The Bertz CT molecular complexity index is 892. The van der Waals surface area contributed by atoms with Gasteiger partial charge in [-0.25, -0.2) is 0 Å². The van der Waals surface area contributed by atoms with Gasteiger partial charge in [0.1, 0.15) is 0 Å². The molecule has 2 N–H and O–H groups in total. The quantitative estimate of drug-likeness (QED) is 0.778. The minimum Gasteiger partial charge on any atom is -0.364 e. The second-order valence-electron chi connectivity index (χ2n) is 5.93. The van der Waals surface area contributed by atoms with Crippen molar-refractivity contribution in [2.75, 3.05) is 5.32 Å². The molecule has 0 spiro atoms. The number of H-pyrrole nitrogens is 1. The molecule has 0 bridgehead atoms. The molecule has 0 unspecified atom stereocenters. The molecule has 0 saturated heterocycles. The van der Waals surface area contributed by atoms with E-state index in [0.29, 0.717) is 11.4 Å². The number of hydrogen-bond acceptors (Lipinski definition) is 3. The van der Waals surface area contributed by atoms with Crippen molar-refractivity contribution in [3.05, 3.63) is 53.6 Å². The summed E-state index contributed by atoms with van der Waals surface area (Å²) in [5.74, 6) is 0.402. The third-order valence-electron chi connectivity index (χ3n) is 4.41. The van der Waals surface area contributed by atoms with Gasteiger partial charge in [-0.15, -0.1) is 0 Å². The Hall–Kier alpha value is -2.89. The number of aromatic amines is 1. The van der Waals surface area contributed by atoms with Gasteiger partial charge >= 0.3 is 0 Å². The highest BCUT2D eigenvalue weighted by Gasteiger charge is 2.24. The van der Waals surface area contributed by atoms with E-state index >= 15 is 0 Å². The number of nitrogens with one attached hydrogen (secondary N) is 2. The molecule has 3 heterocycles. The van der Waals surface area contributed by atoms with Crippen molar-refractivity contribution in [1.29, 1.82) is 0 Å². The van der Waals surface area contributed by atoms with Gasteiger partial charge in [0, 0.05) is 42.5 Å². The molecular weight excluding hydrogens is 302 g/mol. The zero-order chi connectivity index (χ0) is 16.5. The molecule has 1 amide bonds. The molecule has 1 aliphatic carbocycles. The number of fused-ring (bicyclic) bond motifs is 3. The number of carbonyl (C=O) groups is 1. The first-order valence-electron chi connectivity index (χ1n) is 8.25. The number of pyridine rings is 1. The van der Waals surface area contributed by atoms with Gasteiger partial charge < -0.3 is 10.3 Å². The standard InChI is InChI=1S/C18H19N5O/c1-2-23-10-8-15(22-23)21-18(24)13-11-20-14-7-3-5-12-6-4-9-19-17(12)16(13)14/h4,6,8-11,20H,2-3,5,7H2,1H3,(H,21,22,24). The average molecular weight is 321 g/mol. The lowest BCUT2D eigenvalue weighted by Gasteiger charge is -2.08. The number of carbonyl (C=O) groups excluding carboxylic acids is 1. The number of aryl methyl sites for hydroxylation is 3. The smallest absolute Gasteiger partial charge is 0.259 e. The van der Waals surface area contributed by atoms with Gasteiger partial charge in [0.25, 0.3) is 5.91 Å². The Balaban J connectivity index is 1.71. The van der Waals surface area contributed by atoms with Crippen LogP contribution in [0.25, 0.3) is 11.3 Å². The summed E-state index contributed by atoms with van der Waals surface area (Å²) < 4.78 is 1.78. The lowest BCUT2D eigenvalue weighted by atomic mass is 10.0. The minimum atomic E-state index is -0.160. The second kappa shape index (κ2) is 5.96. The second-order valence-corrected chi connectivity index (χ2v) is 5.93. The molecule has 0 atom stereocenters. The molecule has 0 aliphatic heterocycles. The Kier molecular flexibility index (Phi) is 3.65. The van der Waals surface area contributed by atoms with E-state index in [4.69, 9.17) is 0 Å². The number of nitrogens with zero attached hydrogens (tertiary/aromatic N) is 3. The summed E-state index contributed by atoms with van der Waals surface area (Å²) in [6.45, 7) is 2.78. The largest absolute Gasteiger partial charge is 0.364 e. The Morgan fingerprint density at radius 1 is 1.38 bits per heavy atom. The van der Waals surface area contributed by atoms with Crippen LogP contribution in [0, 0.1) is 0 Å². The van der Waals surface area contributed by atoms with E-state index in [1.807, 2.05) is 19.2 Å². The summed E-state index contributed by atoms with van der Waals surface area (Å²) in [4.78, 5) is 20.6. The summed E-state index contributed by atoms with van der Waals surface area (Å²) >= 11 is 0. The molecule has 0 saturated carbocycles. The summed E-state index contributed by atoms with van der Waals surface area (Å²) in [6, 6.07) is 5.85. The van der Waals surface area contributed by atoms with Crippen molar-refractivity contribution in [3.63, 3.8) is 0 Å². The van der Waals surface area contributed by atoms with Crippen molar-refractivity contribution in [2.45, 2.75) is 32.7 Å². The van der Waals surface area contributed by atoms with E-state index in [9.17, 15) is 4.79 Å². The first kappa shape index (κ1) is 14.7. The summed E-state index contributed by atoms with van der Waals surface area (Å²) in [5, 5.41) is 7.19. The maximum Gasteiger partial charge on any atom is 0.259 e. The molecule has 24 heavy (non-hydrogen) atoms. The SMILES string of the molecule is CCn1ccc(NC(=O)c2c[nH]c3c2-c2ncccc2CCC3)n1. The molecule has 4 rings (SSSR count). The number of rotatable bonds is 3. The first-order chi connectivity index (χ1) is 11.8. The Labute approximate surface area is 139 Å². The van der Waals surface area contributed by atoms with Gasteiger partial charge in [-0.3, -0.25) is 14.5 Å². The van der Waals surface area contributed by atoms with Crippen molar-refractivity contribution in [2.24, 2.45) is 0 Å². The van der Waals surface area contributed by atoms with Crippen LogP contribution >= 0.6 is 0 Å². The molecule has 3 aromatic heterocycles. The molecule has 6 nitrogen and oxygen atoms in total. The molecule has 6 heteroatoms. The van der Waals surface area contributed by atoms with Crippen molar-refractivity contribution in [3.8, 4) is 11.3 Å². The lowest BCUT2D eigenvalue weighted by Crippen LogP contribution is -2.13. The number of anilines is 1. The highest BCUT2D eigenvalue weighted by molar-refractivity contribution is 6.08. The van der Waals surface area contributed by atoms with Gasteiger partial charge in [0.15, 0.2) is 5.82 Å². The van der Waals surface area contributed by atoms with Crippen LogP contribution in [0.4, 0.5) is 5.82 Å². The molecule has 0 fully saturated rings. The normalized spacial score (nSPS) is 13.0. The van der Waals surface area contributed by atoms with Gasteiger partial charge in [0.2, 0.25) is 0 Å². The predicted molar refractivity (Wildman–Crippen MR) is 91.9 cm³/mol. The van der Waals surface area contributed by atoms with E-state index < -0.39 is 0 Å². The molecule has 0 aromatic carbocycles. The lowest BCUT2D eigenvalue weighted by molar-refractivity contribution is 0.102. The maximum atomic E-state index is 12.8. The van der Waals surface area contributed by atoms with Crippen LogP contribution in [0.15, 0.2) is 36.8 Å². The van der Waals surface area contributed by atoms with Crippen molar-refractivity contribution in [1.82, 2.24) is 19.7 Å². The van der Waals surface area contributed by atoms with Gasteiger partial charge in [-0.2, -0.15) is 5.10 Å². The molecule has 0 radical (unpaired) electrons. The van der Waals surface area contributed by atoms with Gasteiger partial charge in [-0.05, 0) is 37.8 Å². The van der Waals surface area contributed by atoms with Crippen LogP contribution in [-0.4, -0.2) is 25.7 Å². The van der Waals surface area contributed by atoms with Crippen molar-refractivity contribution >= 4 is 11.7 Å². The van der Waals surface area contributed by atoms with E-state index in [0.717, 1.165) is 42.8 Å². The van der Waals surface area contributed by atoms with E-state index in [-0.39, 0.29) is 5.91 Å². The van der Waals surface area contributed by atoms with Crippen LogP contribution in [-0.2, 0) is 19.4 Å². The summed E-state index contributed by atoms with van der Waals surface area (Å²) in [6.07, 6.45) is 8.36. The molecule has 3 aromatic rings. The van der Waals surface area contributed by atoms with E-state index in [1.165, 1.54) is 5.56 Å². The molecule has 1 aliphatic rings. The molecule has 122 valence electrons. The van der Waals surface area contributed by atoms with Gasteiger partial charge in [0.05, 0.1) is 11.3 Å². The fourth-order valence-electron chi connectivity index (χ4n) is 3.22. The third kappa shape index (κ3) is 2.50. The Morgan fingerprint density at radius 2 is 2.29 bits per heavy atom. The first-order valence-corrected chi connectivity index (χ1v) is 8.25. The number of hydrogen-bond donors (Lipinski definition) is 2. The van der Waals surface area contributed by atoms with Crippen LogP contribution in [0.5, 0.6) is 0 Å². The Morgan fingerprint density at radius 3 is 3.12 bits per heavy atom. The van der Waals surface area contributed by atoms with Gasteiger partial charge in [-0.1, -0.05) is 6.07 Å². The van der Waals surface area contributed by atoms with Crippen LogP contribution < -0.4 is 5.32 Å². The van der Waals surface area contributed by atoms with Crippen molar-refractivity contribution < 1.29 is 4.79 Å². The highest BCUT2D eigenvalue weighted by atomic mass is 16.1. The number of amides is 1. The summed E-state index contributed by atoms with van der Waals surface area (Å²) in [5.41, 5.74) is 4.74. The summed E-state index contributed by atoms with van der Waals surface area (Å²) in [7, 11) is 0. The minimum absolute atomic E-state index is 0.160. The van der Waals surface area contributed by atoms with E-state index in [1.54, 1.807) is 23.1 Å².